The second-order valence-corrected chi connectivity index (χ2v) is 7.71. The van der Waals surface area contributed by atoms with Gasteiger partial charge in [-0.3, -0.25) is 4.79 Å². The highest BCUT2D eigenvalue weighted by Gasteiger charge is 2.28. The molecule has 0 bridgehead atoms. The molecule has 6 heteroatoms. The summed E-state index contributed by atoms with van der Waals surface area (Å²) in [5.41, 5.74) is 4.27. The van der Waals surface area contributed by atoms with Gasteiger partial charge in [-0.25, -0.2) is 4.98 Å². The second-order valence-electron chi connectivity index (χ2n) is 7.28. The molecule has 0 spiro atoms. The first-order valence-corrected chi connectivity index (χ1v) is 9.66. The van der Waals surface area contributed by atoms with E-state index < -0.39 is 0 Å². The Morgan fingerprint density at radius 3 is 2.29 bits per heavy atom. The minimum Gasteiger partial charge on any atom is -0.339 e. The fourth-order valence-corrected chi connectivity index (χ4v) is 3.48. The van der Waals surface area contributed by atoms with Crippen LogP contribution < -0.4 is 10.6 Å². The predicted octanol–water partition coefficient (Wildman–Crippen LogP) is 5.69. The number of fused-ring (bicyclic) bond motifs is 1. The number of benzene rings is 2. The number of Topliss-reactive ketones (excluding diaryl/α,β-unsaturated/α-hetero) is 1. The van der Waals surface area contributed by atoms with Gasteiger partial charge < -0.3 is 10.6 Å². The lowest BCUT2D eigenvalue weighted by atomic mass is 9.87. The summed E-state index contributed by atoms with van der Waals surface area (Å²) in [7, 11) is 0. The third kappa shape index (κ3) is 3.99. The Hall–Kier alpha value is -2.92. The Morgan fingerprint density at radius 1 is 0.929 bits per heavy atom. The number of aryl methyl sites for hydroxylation is 1. The van der Waals surface area contributed by atoms with Gasteiger partial charge in [-0.15, -0.1) is 0 Å². The lowest BCUT2D eigenvalue weighted by Gasteiger charge is -2.23. The zero-order valence-electron chi connectivity index (χ0n) is 15.8. The molecule has 0 radical (unpaired) electrons. The molecule has 142 valence electrons. The van der Waals surface area contributed by atoms with E-state index in [1.165, 1.54) is 5.56 Å². The Kier molecular flexibility index (Phi) is 5.01. The summed E-state index contributed by atoms with van der Waals surface area (Å²) in [5, 5.41) is 7.18. The Balaban J connectivity index is 1.73. The maximum absolute atomic E-state index is 12.7. The molecule has 0 aliphatic heterocycles. The Bertz CT molecular complexity index is 1020. The number of aromatic nitrogens is 2. The molecule has 1 aliphatic rings. The average molecular weight is 393 g/mol. The molecule has 0 saturated heterocycles. The zero-order chi connectivity index (χ0) is 19.7. The van der Waals surface area contributed by atoms with Crippen LogP contribution in [0.2, 0.25) is 5.02 Å². The molecule has 1 atom stereocenters. The van der Waals surface area contributed by atoms with E-state index in [4.69, 9.17) is 11.6 Å². The summed E-state index contributed by atoms with van der Waals surface area (Å²) in [6.45, 7) is 4.11. The van der Waals surface area contributed by atoms with E-state index in [1.807, 2.05) is 43.3 Å². The summed E-state index contributed by atoms with van der Waals surface area (Å²) in [6.07, 6.45) is 1.26. The molecule has 1 aromatic heterocycles. The third-order valence-corrected chi connectivity index (χ3v) is 5.01. The van der Waals surface area contributed by atoms with Gasteiger partial charge in [0.05, 0.1) is 11.3 Å². The number of anilines is 4. The Morgan fingerprint density at radius 2 is 1.57 bits per heavy atom. The van der Waals surface area contributed by atoms with Gasteiger partial charge in [0.25, 0.3) is 0 Å². The smallest absolute Gasteiger partial charge is 0.229 e. The van der Waals surface area contributed by atoms with Gasteiger partial charge in [-0.05, 0) is 55.7 Å². The van der Waals surface area contributed by atoms with Crippen molar-refractivity contribution >= 4 is 40.5 Å². The molecule has 0 fully saturated rings. The topological polar surface area (TPSA) is 66.9 Å². The third-order valence-electron chi connectivity index (χ3n) is 4.75. The van der Waals surface area contributed by atoms with Crippen LogP contribution in [-0.2, 0) is 6.42 Å². The minimum absolute atomic E-state index is 0.0760. The maximum atomic E-state index is 12.7. The first-order valence-electron chi connectivity index (χ1n) is 9.28. The van der Waals surface area contributed by atoms with Crippen LogP contribution in [0.4, 0.5) is 23.1 Å². The highest BCUT2D eigenvalue weighted by Crippen LogP contribution is 2.32. The first kappa shape index (κ1) is 18.4. The molecule has 28 heavy (non-hydrogen) atoms. The van der Waals surface area contributed by atoms with Crippen molar-refractivity contribution in [2.24, 2.45) is 5.92 Å². The van der Waals surface area contributed by atoms with Crippen molar-refractivity contribution in [2.75, 3.05) is 10.6 Å². The number of nitrogens with zero attached hydrogens (tertiary/aromatic N) is 2. The average Bonchev–Trinajstić information content (AvgIpc) is 2.65. The summed E-state index contributed by atoms with van der Waals surface area (Å²) in [5.74, 6) is 1.34. The number of carbonyl (C=O) groups is 1. The maximum Gasteiger partial charge on any atom is 0.229 e. The van der Waals surface area contributed by atoms with Gasteiger partial charge in [-0.1, -0.05) is 36.2 Å². The SMILES string of the molecule is Cc1ccc(Nc2nc3c(c(Nc4ccc(Cl)cc4)n2)C(=O)CC(C)C3)cc1. The highest BCUT2D eigenvalue weighted by molar-refractivity contribution is 6.30. The van der Waals surface area contributed by atoms with Crippen molar-refractivity contribution in [1.82, 2.24) is 9.97 Å². The molecule has 5 nitrogen and oxygen atoms in total. The van der Waals surface area contributed by atoms with E-state index in [9.17, 15) is 4.79 Å². The number of ketones is 1. The monoisotopic (exact) mass is 392 g/mol. The van der Waals surface area contributed by atoms with E-state index in [-0.39, 0.29) is 11.7 Å². The van der Waals surface area contributed by atoms with Crippen molar-refractivity contribution in [1.29, 1.82) is 0 Å². The quantitative estimate of drug-likeness (QED) is 0.596. The van der Waals surface area contributed by atoms with Crippen LogP contribution in [0, 0.1) is 12.8 Å². The van der Waals surface area contributed by atoms with Gasteiger partial charge in [0, 0.05) is 22.8 Å². The van der Waals surface area contributed by atoms with Crippen LogP contribution in [0.3, 0.4) is 0 Å². The molecule has 4 rings (SSSR count). The lowest BCUT2D eigenvalue weighted by Crippen LogP contribution is -2.22. The zero-order valence-corrected chi connectivity index (χ0v) is 16.5. The fourth-order valence-electron chi connectivity index (χ4n) is 3.35. The molecule has 0 saturated carbocycles. The summed E-state index contributed by atoms with van der Waals surface area (Å²) in [4.78, 5) is 22.0. The molecule has 1 heterocycles. The number of halogens is 1. The van der Waals surface area contributed by atoms with E-state index in [0.29, 0.717) is 28.8 Å². The van der Waals surface area contributed by atoms with Crippen LogP contribution in [0.25, 0.3) is 0 Å². The van der Waals surface area contributed by atoms with Crippen molar-refractivity contribution in [3.05, 3.63) is 70.4 Å². The highest BCUT2D eigenvalue weighted by atomic mass is 35.5. The molecule has 1 unspecified atom stereocenters. The van der Waals surface area contributed by atoms with Crippen LogP contribution in [0.15, 0.2) is 48.5 Å². The molecule has 0 amide bonds. The number of hydrogen-bond donors (Lipinski definition) is 2. The van der Waals surface area contributed by atoms with Gasteiger partial charge in [0.1, 0.15) is 5.82 Å². The summed E-state index contributed by atoms with van der Waals surface area (Å²) >= 11 is 5.98. The van der Waals surface area contributed by atoms with Gasteiger partial charge in [0.15, 0.2) is 5.78 Å². The molecule has 1 aliphatic carbocycles. The molecule has 2 N–H and O–H groups in total. The van der Waals surface area contributed by atoms with Gasteiger partial charge in [0.2, 0.25) is 5.95 Å². The lowest BCUT2D eigenvalue weighted by molar-refractivity contribution is 0.0953. The Labute approximate surface area is 169 Å². The standard InChI is InChI=1S/C22H21ClN4O/c1-13-3-7-17(8-4-13)25-22-26-18-11-14(2)12-19(28)20(18)21(27-22)24-16-9-5-15(23)6-10-16/h3-10,14H,11-12H2,1-2H3,(H2,24,25,26,27). The van der Waals surface area contributed by atoms with Crippen LogP contribution in [0.1, 0.15) is 35.0 Å². The minimum atomic E-state index is 0.0760. The fraction of sp³-hybridized carbons (Fsp3) is 0.227. The van der Waals surface area contributed by atoms with Crippen molar-refractivity contribution in [2.45, 2.75) is 26.7 Å². The van der Waals surface area contributed by atoms with Crippen molar-refractivity contribution < 1.29 is 4.79 Å². The second kappa shape index (κ2) is 7.60. The van der Waals surface area contributed by atoms with Crippen LogP contribution in [0.5, 0.6) is 0 Å². The largest absolute Gasteiger partial charge is 0.339 e. The molecule has 2 aromatic carbocycles. The number of rotatable bonds is 4. The molecular weight excluding hydrogens is 372 g/mol. The number of carbonyl (C=O) groups excluding carboxylic acids is 1. The van der Waals surface area contributed by atoms with Crippen LogP contribution in [-0.4, -0.2) is 15.8 Å². The van der Waals surface area contributed by atoms with E-state index in [0.717, 1.165) is 23.5 Å². The van der Waals surface area contributed by atoms with E-state index in [2.05, 4.69) is 27.5 Å². The van der Waals surface area contributed by atoms with Gasteiger partial charge in [-0.2, -0.15) is 4.98 Å². The summed E-state index contributed by atoms with van der Waals surface area (Å²) < 4.78 is 0. The van der Waals surface area contributed by atoms with Crippen molar-refractivity contribution in [3.63, 3.8) is 0 Å². The summed E-state index contributed by atoms with van der Waals surface area (Å²) in [6, 6.07) is 15.3. The van der Waals surface area contributed by atoms with Crippen LogP contribution >= 0.6 is 11.6 Å². The number of hydrogen-bond acceptors (Lipinski definition) is 5. The first-order chi connectivity index (χ1) is 13.5. The molecular formula is C22H21ClN4O. The van der Waals surface area contributed by atoms with E-state index in [1.54, 1.807) is 12.1 Å². The van der Waals surface area contributed by atoms with E-state index >= 15 is 0 Å². The normalized spacial score (nSPS) is 15.8. The molecule has 3 aromatic rings. The predicted molar refractivity (Wildman–Crippen MR) is 113 cm³/mol. The number of nitrogens with one attached hydrogen (secondary N) is 2. The van der Waals surface area contributed by atoms with Gasteiger partial charge >= 0.3 is 0 Å². The van der Waals surface area contributed by atoms with Crippen molar-refractivity contribution in [3.8, 4) is 0 Å².